The molecule has 0 aliphatic carbocycles. The van der Waals surface area contributed by atoms with Crippen LogP contribution in [0.1, 0.15) is 24.6 Å². The number of aryl methyl sites for hydroxylation is 1. The number of benzene rings is 1. The average Bonchev–Trinajstić information content (AvgIpc) is 3.30. The van der Waals surface area contributed by atoms with E-state index in [0.29, 0.717) is 27.3 Å². The zero-order valence-corrected chi connectivity index (χ0v) is 18.3. The first kappa shape index (κ1) is 21.6. The maximum atomic E-state index is 14.4. The molecule has 0 spiro atoms. The molecule has 4 rings (SSSR count). The summed E-state index contributed by atoms with van der Waals surface area (Å²) in [5.41, 5.74) is 7.81. The molecule has 1 aromatic carbocycles. The van der Waals surface area contributed by atoms with E-state index in [2.05, 4.69) is 14.9 Å². The Bertz CT molecular complexity index is 1180. The van der Waals surface area contributed by atoms with E-state index in [1.54, 1.807) is 6.07 Å². The van der Waals surface area contributed by atoms with Gasteiger partial charge in [0.25, 0.3) is 0 Å². The molecule has 1 atom stereocenters. The summed E-state index contributed by atoms with van der Waals surface area (Å²) in [6.07, 6.45) is 3.71. The fourth-order valence-corrected chi connectivity index (χ4v) is 4.67. The van der Waals surface area contributed by atoms with E-state index in [1.165, 1.54) is 30.0 Å². The smallest absolute Gasteiger partial charge is 0.328 e. The number of nitrogens with two attached hydrogens (primary N) is 1. The largest absolute Gasteiger partial charge is 0.478 e. The third kappa shape index (κ3) is 4.53. The van der Waals surface area contributed by atoms with Gasteiger partial charge in [0, 0.05) is 41.4 Å². The lowest BCUT2D eigenvalue weighted by molar-refractivity contribution is -0.131. The van der Waals surface area contributed by atoms with Gasteiger partial charge in [-0.2, -0.15) is 0 Å². The van der Waals surface area contributed by atoms with Crippen molar-refractivity contribution < 1.29 is 14.3 Å². The molecule has 1 aliphatic heterocycles. The number of aromatic nitrogens is 3. The van der Waals surface area contributed by atoms with Crippen LogP contribution in [-0.2, 0) is 11.2 Å². The molecule has 31 heavy (non-hydrogen) atoms. The van der Waals surface area contributed by atoms with Crippen molar-refractivity contribution in [1.29, 1.82) is 0 Å². The second-order valence-electron chi connectivity index (χ2n) is 7.28. The summed E-state index contributed by atoms with van der Waals surface area (Å²) in [4.78, 5) is 26.0. The molecular formula is C21H21ClFN5O2S. The van der Waals surface area contributed by atoms with Crippen LogP contribution in [0.5, 0.6) is 0 Å². The number of rotatable bonds is 6. The number of fused-ring (bicyclic) bond motifs is 1. The second-order valence-corrected chi connectivity index (χ2v) is 8.69. The number of hydrogen-bond acceptors (Lipinski definition) is 6. The van der Waals surface area contributed by atoms with Crippen LogP contribution in [0, 0.1) is 5.82 Å². The molecule has 4 N–H and O–H groups in total. The van der Waals surface area contributed by atoms with Crippen LogP contribution in [0.25, 0.3) is 17.1 Å². The normalized spacial score (nSPS) is 16.6. The van der Waals surface area contributed by atoms with Crippen LogP contribution in [0.2, 0.25) is 5.02 Å². The van der Waals surface area contributed by atoms with Crippen LogP contribution in [0.15, 0.2) is 34.3 Å². The molecule has 1 saturated heterocycles. The lowest BCUT2D eigenvalue weighted by Crippen LogP contribution is -2.27. The maximum absolute atomic E-state index is 14.4. The number of aromatic amines is 1. The van der Waals surface area contributed by atoms with Crippen LogP contribution in [0.4, 0.5) is 10.2 Å². The van der Waals surface area contributed by atoms with Gasteiger partial charge in [0.05, 0.1) is 10.4 Å². The highest BCUT2D eigenvalue weighted by Crippen LogP contribution is 2.37. The van der Waals surface area contributed by atoms with Gasteiger partial charge in [-0.05, 0) is 42.8 Å². The number of nitrogens with one attached hydrogen (secondary N) is 1. The van der Waals surface area contributed by atoms with E-state index < -0.39 is 11.8 Å². The van der Waals surface area contributed by atoms with E-state index in [4.69, 9.17) is 27.4 Å². The lowest BCUT2D eigenvalue weighted by Gasteiger charge is -2.18. The number of nitrogens with zero attached hydrogens (tertiary/aromatic N) is 3. The molecule has 3 heterocycles. The highest BCUT2D eigenvalue weighted by atomic mass is 35.5. The SMILES string of the molecule is CCc1[nH]c2nc(Sc3ccc(C=CC(=O)O)c(F)c3)nc(N3CC[C@@H](N)C3)c2c1Cl. The second kappa shape index (κ2) is 8.86. The first-order chi connectivity index (χ1) is 14.9. The molecule has 3 aromatic rings. The standard InChI is InChI=1S/C21H21ClFN5O2S/c1-2-15-18(22)17-19(25-15)26-21(27-20(17)28-8-7-12(24)10-28)31-13-5-3-11(14(23)9-13)4-6-16(29)30/h3-6,9,12H,2,7-8,10,24H2,1H3,(H,29,30)(H,25,26,27)/t12-/m1/s1. The Kier molecular flexibility index (Phi) is 6.17. The van der Waals surface area contributed by atoms with Gasteiger partial charge in [0.2, 0.25) is 0 Å². The highest BCUT2D eigenvalue weighted by molar-refractivity contribution is 7.99. The third-order valence-electron chi connectivity index (χ3n) is 5.09. The highest BCUT2D eigenvalue weighted by Gasteiger charge is 2.26. The summed E-state index contributed by atoms with van der Waals surface area (Å²) in [6, 6.07) is 4.64. The predicted octanol–water partition coefficient (Wildman–Crippen LogP) is 4.10. The number of anilines is 1. The van der Waals surface area contributed by atoms with Crippen LogP contribution < -0.4 is 10.6 Å². The molecule has 10 heteroatoms. The summed E-state index contributed by atoms with van der Waals surface area (Å²) in [7, 11) is 0. The van der Waals surface area contributed by atoms with Crippen molar-refractivity contribution in [2.45, 2.75) is 35.9 Å². The first-order valence-corrected chi connectivity index (χ1v) is 11.0. The van der Waals surface area contributed by atoms with Crippen molar-refractivity contribution in [3.63, 3.8) is 0 Å². The monoisotopic (exact) mass is 461 g/mol. The molecule has 2 aromatic heterocycles. The average molecular weight is 462 g/mol. The third-order valence-corrected chi connectivity index (χ3v) is 6.36. The topological polar surface area (TPSA) is 108 Å². The number of halogens is 2. The number of carboxylic acid groups (broad SMARTS) is 1. The lowest BCUT2D eigenvalue weighted by atomic mass is 10.2. The molecule has 0 saturated carbocycles. The summed E-state index contributed by atoms with van der Waals surface area (Å²) in [6.45, 7) is 3.46. The summed E-state index contributed by atoms with van der Waals surface area (Å²) in [5, 5.41) is 10.6. The van der Waals surface area contributed by atoms with E-state index in [-0.39, 0.29) is 11.6 Å². The van der Waals surface area contributed by atoms with Crippen LogP contribution in [0.3, 0.4) is 0 Å². The van der Waals surface area contributed by atoms with Gasteiger partial charge in [-0.1, -0.05) is 24.6 Å². The van der Waals surface area contributed by atoms with Gasteiger partial charge < -0.3 is 20.7 Å². The predicted molar refractivity (Wildman–Crippen MR) is 120 cm³/mol. The van der Waals surface area contributed by atoms with Crippen molar-refractivity contribution in [3.8, 4) is 0 Å². The van der Waals surface area contributed by atoms with Crippen LogP contribution in [-0.4, -0.2) is 45.2 Å². The Morgan fingerprint density at radius 3 is 2.94 bits per heavy atom. The summed E-state index contributed by atoms with van der Waals surface area (Å²) in [5.74, 6) is -0.932. The summed E-state index contributed by atoms with van der Waals surface area (Å²) >= 11 is 7.83. The maximum Gasteiger partial charge on any atom is 0.328 e. The minimum Gasteiger partial charge on any atom is -0.478 e. The Morgan fingerprint density at radius 1 is 1.48 bits per heavy atom. The number of carbonyl (C=O) groups is 1. The quantitative estimate of drug-likeness (QED) is 0.374. The molecule has 7 nitrogen and oxygen atoms in total. The van der Waals surface area contributed by atoms with Crippen molar-refractivity contribution >= 4 is 52.3 Å². The van der Waals surface area contributed by atoms with E-state index in [1.807, 2.05) is 6.92 Å². The zero-order chi connectivity index (χ0) is 22.1. The molecule has 0 radical (unpaired) electrons. The van der Waals surface area contributed by atoms with Crippen molar-refractivity contribution in [2.24, 2.45) is 5.73 Å². The van der Waals surface area contributed by atoms with E-state index in [0.717, 1.165) is 42.4 Å². The van der Waals surface area contributed by atoms with Gasteiger partial charge in [-0.25, -0.2) is 19.2 Å². The van der Waals surface area contributed by atoms with Crippen molar-refractivity contribution in [3.05, 3.63) is 46.4 Å². The minimum atomic E-state index is -1.13. The Morgan fingerprint density at radius 2 is 2.29 bits per heavy atom. The first-order valence-electron chi connectivity index (χ1n) is 9.82. The number of hydrogen-bond donors (Lipinski definition) is 3. The Labute approximate surface area is 187 Å². The fourth-order valence-electron chi connectivity index (χ4n) is 3.54. The zero-order valence-electron chi connectivity index (χ0n) is 16.7. The number of aliphatic carboxylic acids is 1. The van der Waals surface area contributed by atoms with Gasteiger partial charge in [0.1, 0.15) is 17.3 Å². The van der Waals surface area contributed by atoms with Gasteiger partial charge in [0.15, 0.2) is 5.16 Å². The molecule has 1 aliphatic rings. The molecular weight excluding hydrogens is 441 g/mol. The van der Waals surface area contributed by atoms with Gasteiger partial charge in [-0.3, -0.25) is 0 Å². The molecule has 0 amide bonds. The van der Waals surface area contributed by atoms with Gasteiger partial charge >= 0.3 is 5.97 Å². The van der Waals surface area contributed by atoms with E-state index >= 15 is 0 Å². The molecule has 162 valence electrons. The molecule has 0 unspecified atom stereocenters. The molecule has 1 fully saturated rings. The number of carboxylic acids is 1. The van der Waals surface area contributed by atoms with Crippen molar-refractivity contribution in [1.82, 2.24) is 15.0 Å². The Hall–Kier alpha value is -2.62. The molecule has 0 bridgehead atoms. The summed E-state index contributed by atoms with van der Waals surface area (Å²) < 4.78 is 14.4. The fraction of sp³-hybridized carbons (Fsp3) is 0.286. The van der Waals surface area contributed by atoms with E-state index in [9.17, 15) is 9.18 Å². The van der Waals surface area contributed by atoms with Crippen LogP contribution >= 0.6 is 23.4 Å². The Balaban J connectivity index is 1.71. The number of H-pyrrole nitrogens is 1. The minimum absolute atomic E-state index is 0.0741. The van der Waals surface area contributed by atoms with Crippen molar-refractivity contribution in [2.75, 3.05) is 18.0 Å². The van der Waals surface area contributed by atoms with Gasteiger partial charge in [-0.15, -0.1) is 0 Å².